The fraction of sp³-hybridized carbons (Fsp3) is 0.464. The third-order valence-corrected chi connectivity index (χ3v) is 8.56. The highest BCUT2D eigenvalue weighted by molar-refractivity contribution is 7.18. The Labute approximate surface area is 237 Å². The predicted molar refractivity (Wildman–Crippen MR) is 157 cm³/mol. The zero-order valence-corrected chi connectivity index (χ0v) is 23.6. The van der Waals surface area contributed by atoms with E-state index in [1.807, 2.05) is 36.4 Å². The van der Waals surface area contributed by atoms with E-state index in [-0.39, 0.29) is 12.1 Å². The van der Waals surface area contributed by atoms with Crippen LogP contribution in [0.25, 0.3) is 22.2 Å². The quantitative estimate of drug-likeness (QED) is 0.278. The van der Waals surface area contributed by atoms with Crippen LogP contribution in [0.5, 0.6) is 0 Å². The van der Waals surface area contributed by atoms with Crippen LogP contribution in [0.4, 0.5) is 22.7 Å². The first kappa shape index (κ1) is 26.6. The molecule has 4 heterocycles. The number of benzene rings is 1. The van der Waals surface area contributed by atoms with Gasteiger partial charge in [0.15, 0.2) is 5.13 Å². The normalized spacial score (nSPS) is 20.1. The van der Waals surface area contributed by atoms with Gasteiger partial charge in [-0.05, 0) is 64.8 Å². The number of aliphatic hydroxyl groups excluding tert-OH is 1. The molecule has 0 atom stereocenters. The van der Waals surface area contributed by atoms with Gasteiger partial charge in [-0.1, -0.05) is 29.5 Å². The molecule has 1 saturated carbocycles. The molecule has 6 rings (SSSR count). The van der Waals surface area contributed by atoms with Gasteiger partial charge in [0.1, 0.15) is 16.5 Å². The Kier molecular flexibility index (Phi) is 7.89. The standard InChI is InChI=1S/C28H35N9O2S/c1-36(2)20-12-14-37(15-13-20)24-16-23(31-27(33-24)30-19-8-10-21(38)11-9-19)32-28-29-17-22(40-28)26-35-34-25(39-26)18-6-4-3-5-7-18/h3-7,16-17,19-21,38H,8-15H2,1-2H3,(H2,29,30,31,32,33). The van der Waals surface area contributed by atoms with Crippen LogP contribution in [0.1, 0.15) is 38.5 Å². The van der Waals surface area contributed by atoms with Crippen molar-refractivity contribution in [1.82, 2.24) is 30.0 Å². The Hall–Kier alpha value is -3.61. The summed E-state index contributed by atoms with van der Waals surface area (Å²) in [6.45, 7) is 1.88. The number of anilines is 4. The molecule has 4 aromatic rings. The number of hydrogen-bond acceptors (Lipinski definition) is 12. The Morgan fingerprint density at radius 3 is 2.48 bits per heavy atom. The summed E-state index contributed by atoms with van der Waals surface area (Å²) in [7, 11) is 4.30. The Morgan fingerprint density at radius 1 is 0.975 bits per heavy atom. The molecule has 0 radical (unpaired) electrons. The van der Waals surface area contributed by atoms with Crippen LogP contribution in [0.15, 0.2) is 47.0 Å². The van der Waals surface area contributed by atoms with Gasteiger partial charge < -0.3 is 30.0 Å². The molecule has 11 nitrogen and oxygen atoms in total. The van der Waals surface area contributed by atoms with Crippen molar-refractivity contribution in [2.45, 2.75) is 56.7 Å². The molecule has 2 fully saturated rings. The summed E-state index contributed by atoms with van der Waals surface area (Å²) < 4.78 is 5.91. The van der Waals surface area contributed by atoms with Crippen molar-refractivity contribution < 1.29 is 9.52 Å². The van der Waals surface area contributed by atoms with Crippen molar-refractivity contribution in [2.24, 2.45) is 0 Å². The average molecular weight is 562 g/mol. The van der Waals surface area contributed by atoms with Crippen LogP contribution < -0.4 is 15.5 Å². The molecule has 3 N–H and O–H groups in total. The van der Waals surface area contributed by atoms with E-state index < -0.39 is 0 Å². The van der Waals surface area contributed by atoms with Gasteiger partial charge in [0.25, 0.3) is 5.89 Å². The zero-order chi connectivity index (χ0) is 27.5. The number of rotatable bonds is 8. The highest BCUT2D eigenvalue weighted by Crippen LogP contribution is 2.33. The molecule has 40 heavy (non-hydrogen) atoms. The molecule has 1 saturated heterocycles. The van der Waals surface area contributed by atoms with E-state index in [0.29, 0.717) is 34.7 Å². The second kappa shape index (κ2) is 11.9. The van der Waals surface area contributed by atoms with E-state index in [9.17, 15) is 5.11 Å². The van der Waals surface area contributed by atoms with Crippen molar-refractivity contribution in [3.8, 4) is 22.2 Å². The second-order valence-corrected chi connectivity index (χ2v) is 11.7. The van der Waals surface area contributed by atoms with Crippen LogP contribution in [0.2, 0.25) is 0 Å². The van der Waals surface area contributed by atoms with E-state index in [1.165, 1.54) is 11.3 Å². The number of nitrogens with one attached hydrogen (secondary N) is 2. The number of piperidine rings is 1. The maximum atomic E-state index is 9.92. The number of hydrogen-bond donors (Lipinski definition) is 3. The molecule has 1 aliphatic carbocycles. The highest BCUT2D eigenvalue weighted by atomic mass is 32.1. The monoisotopic (exact) mass is 561 g/mol. The molecular weight excluding hydrogens is 526 g/mol. The average Bonchev–Trinajstić information content (AvgIpc) is 3.65. The van der Waals surface area contributed by atoms with Crippen molar-refractivity contribution in [2.75, 3.05) is 42.7 Å². The summed E-state index contributed by atoms with van der Waals surface area (Å²) in [5.74, 6) is 3.07. The third kappa shape index (κ3) is 6.24. The topological polar surface area (TPSA) is 128 Å². The van der Waals surface area contributed by atoms with Gasteiger partial charge in [0, 0.05) is 36.8 Å². The molecule has 1 aromatic carbocycles. The van der Waals surface area contributed by atoms with Gasteiger partial charge in [-0.3, -0.25) is 0 Å². The molecule has 0 bridgehead atoms. The van der Waals surface area contributed by atoms with Crippen molar-refractivity contribution in [3.63, 3.8) is 0 Å². The lowest BCUT2D eigenvalue weighted by Crippen LogP contribution is -2.42. The third-order valence-electron chi connectivity index (χ3n) is 7.66. The largest absolute Gasteiger partial charge is 0.415 e. The van der Waals surface area contributed by atoms with Gasteiger partial charge in [0.2, 0.25) is 11.8 Å². The van der Waals surface area contributed by atoms with Crippen molar-refractivity contribution >= 4 is 34.1 Å². The fourth-order valence-corrected chi connectivity index (χ4v) is 6.04. The van der Waals surface area contributed by atoms with Crippen LogP contribution in [-0.2, 0) is 0 Å². The van der Waals surface area contributed by atoms with Gasteiger partial charge in [-0.25, -0.2) is 4.98 Å². The van der Waals surface area contributed by atoms with Crippen molar-refractivity contribution in [1.29, 1.82) is 0 Å². The minimum atomic E-state index is -0.206. The number of aromatic nitrogens is 5. The van der Waals surface area contributed by atoms with Crippen LogP contribution in [0.3, 0.4) is 0 Å². The Bertz CT molecular complexity index is 1390. The van der Waals surface area contributed by atoms with E-state index in [2.05, 4.69) is 49.7 Å². The minimum Gasteiger partial charge on any atom is -0.415 e. The Morgan fingerprint density at radius 2 is 1.73 bits per heavy atom. The molecule has 0 spiro atoms. The van der Waals surface area contributed by atoms with E-state index in [1.54, 1.807) is 6.20 Å². The molecule has 3 aromatic heterocycles. The minimum absolute atomic E-state index is 0.206. The zero-order valence-electron chi connectivity index (χ0n) is 22.8. The van der Waals surface area contributed by atoms with Crippen LogP contribution >= 0.6 is 11.3 Å². The number of thiazole rings is 1. The predicted octanol–water partition coefficient (Wildman–Crippen LogP) is 4.64. The summed E-state index contributed by atoms with van der Waals surface area (Å²) >= 11 is 1.43. The smallest absolute Gasteiger partial charge is 0.259 e. The molecule has 12 heteroatoms. The highest BCUT2D eigenvalue weighted by Gasteiger charge is 2.24. The summed E-state index contributed by atoms with van der Waals surface area (Å²) in [4.78, 5) is 19.7. The van der Waals surface area contributed by atoms with Crippen LogP contribution in [-0.4, -0.2) is 80.5 Å². The summed E-state index contributed by atoms with van der Waals surface area (Å²) in [6, 6.07) is 12.5. The first-order chi connectivity index (χ1) is 19.5. The van der Waals surface area contributed by atoms with Gasteiger partial charge in [0.05, 0.1) is 12.3 Å². The van der Waals surface area contributed by atoms with Gasteiger partial charge >= 0.3 is 0 Å². The molecule has 210 valence electrons. The van der Waals surface area contributed by atoms with E-state index in [0.717, 1.165) is 67.9 Å². The van der Waals surface area contributed by atoms with Crippen LogP contribution in [0, 0.1) is 0 Å². The maximum Gasteiger partial charge on any atom is 0.259 e. The van der Waals surface area contributed by atoms with E-state index in [4.69, 9.17) is 14.4 Å². The molecule has 0 unspecified atom stereocenters. The molecule has 1 aliphatic heterocycles. The summed E-state index contributed by atoms with van der Waals surface area (Å²) in [5.41, 5.74) is 0.875. The lowest BCUT2D eigenvalue weighted by Gasteiger charge is -2.36. The summed E-state index contributed by atoms with van der Waals surface area (Å²) in [5, 5.41) is 25.9. The molecular formula is C28H35N9O2S. The SMILES string of the molecule is CN(C)C1CCN(c2cc(Nc3ncc(-c4nnc(-c5ccccc5)o4)s3)nc(NC3CCC(O)CC3)n2)CC1. The first-order valence-electron chi connectivity index (χ1n) is 13.9. The first-order valence-corrected chi connectivity index (χ1v) is 14.7. The Balaban J connectivity index is 1.21. The summed E-state index contributed by atoms with van der Waals surface area (Å²) in [6.07, 6.45) is 7.10. The van der Waals surface area contributed by atoms with Crippen molar-refractivity contribution in [3.05, 3.63) is 42.6 Å². The number of nitrogens with zero attached hydrogens (tertiary/aromatic N) is 7. The fourth-order valence-electron chi connectivity index (χ4n) is 5.30. The van der Waals surface area contributed by atoms with Gasteiger partial charge in [-0.15, -0.1) is 10.2 Å². The van der Waals surface area contributed by atoms with E-state index >= 15 is 0 Å². The lowest BCUT2D eigenvalue weighted by atomic mass is 9.93. The molecule has 0 amide bonds. The van der Waals surface area contributed by atoms with Gasteiger partial charge in [-0.2, -0.15) is 9.97 Å². The molecule has 2 aliphatic rings. The number of aliphatic hydroxyl groups is 1. The lowest BCUT2D eigenvalue weighted by molar-refractivity contribution is 0.126. The maximum absolute atomic E-state index is 9.92. The second-order valence-electron chi connectivity index (χ2n) is 10.7.